The van der Waals surface area contributed by atoms with E-state index in [0.29, 0.717) is 18.4 Å². The zero-order valence-corrected chi connectivity index (χ0v) is 18.8. The Hall–Kier alpha value is -0.810. The molecule has 2 N–H and O–H groups in total. The van der Waals surface area contributed by atoms with Crippen LogP contribution in [0, 0.1) is 5.92 Å². The molecule has 1 saturated carbocycles. The molecule has 0 bridgehead atoms. The lowest BCUT2D eigenvalue weighted by atomic mass is 9.93. The van der Waals surface area contributed by atoms with Crippen LogP contribution in [0.4, 0.5) is 5.69 Å². The summed E-state index contributed by atoms with van der Waals surface area (Å²) < 4.78 is 0. The van der Waals surface area contributed by atoms with E-state index in [1.165, 1.54) is 50.5 Å². The molecule has 0 aromatic heterocycles. The summed E-state index contributed by atoms with van der Waals surface area (Å²) in [5.41, 5.74) is 2.22. The lowest BCUT2D eigenvalue weighted by Gasteiger charge is -2.31. The molecule has 2 fully saturated rings. The summed E-state index contributed by atoms with van der Waals surface area (Å²) in [7, 11) is 2.23. The minimum Gasteiger partial charge on any atom is -0.326 e. The third-order valence-electron chi connectivity index (χ3n) is 6.15. The highest BCUT2D eigenvalue weighted by molar-refractivity contribution is 5.91. The molecule has 1 heterocycles. The average Bonchev–Trinajstić information content (AvgIpc) is 2.69. The molecule has 28 heavy (non-hydrogen) atoms. The summed E-state index contributed by atoms with van der Waals surface area (Å²) in [6, 6.07) is 8.99. The first-order valence-corrected chi connectivity index (χ1v) is 10.5. The number of rotatable bonds is 7. The number of nitrogens with zero attached hydrogens (tertiary/aromatic N) is 1. The topological polar surface area (TPSA) is 44.4 Å². The number of nitrogens with one attached hydrogen (secondary N) is 2. The summed E-state index contributed by atoms with van der Waals surface area (Å²) in [6.07, 6.45) is 10.8. The van der Waals surface area contributed by atoms with Gasteiger partial charge in [0.15, 0.2) is 0 Å². The number of amides is 1. The van der Waals surface area contributed by atoms with Crippen molar-refractivity contribution < 1.29 is 4.79 Å². The predicted molar refractivity (Wildman–Crippen MR) is 123 cm³/mol. The third kappa shape index (κ3) is 7.90. The molecule has 6 heteroatoms. The smallest absolute Gasteiger partial charge is 0.224 e. The van der Waals surface area contributed by atoms with Gasteiger partial charge in [0.25, 0.3) is 0 Å². The van der Waals surface area contributed by atoms with Gasteiger partial charge in [-0.25, -0.2) is 0 Å². The van der Waals surface area contributed by atoms with Crippen molar-refractivity contribution in [3.8, 4) is 0 Å². The van der Waals surface area contributed by atoms with Gasteiger partial charge in [0.05, 0.1) is 0 Å². The Morgan fingerprint density at radius 3 is 2.46 bits per heavy atom. The number of benzene rings is 1. The lowest BCUT2D eigenvalue weighted by molar-refractivity contribution is -0.116. The molecule has 1 saturated heterocycles. The van der Waals surface area contributed by atoms with Crippen molar-refractivity contribution in [1.82, 2.24) is 10.2 Å². The van der Waals surface area contributed by atoms with E-state index in [9.17, 15) is 4.79 Å². The van der Waals surface area contributed by atoms with Gasteiger partial charge in [-0.05, 0) is 69.8 Å². The maximum Gasteiger partial charge on any atom is 0.224 e. The van der Waals surface area contributed by atoms with E-state index in [0.717, 1.165) is 31.7 Å². The molecule has 0 unspecified atom stereocenters. The van der Waals surface area contributed by atoms with E-state index in [1.54, 1.807) is 0 Å². The highest BCUT2D eigenvalue weighted by Crippen LogP contribution is 2.25. The van der Waals surface area contributed by atoms with Crippen LogP contribution >= 0.6 is 24.8 Å². The lowest BCUT2D eigenvalue weighted by Crippen LogP contribution is -2.33. The molecule has 1 aliphatic heterocycles. The molecule has 0 spiro atoms. The van der Waals surface area contributed by atoms with Crippen LogP contribution in [-0.2, 0) is 11.3 Å². The van der Waals surface area contributed by atoms with Crippen LogP contribution in [0.5, 0.6) is 0 Å². The Balaban J connectivity index is 0.00000196. The van der Waals surface area contributed by atoms with E-state index in [4.69, 9.17) is 0 Å². The number of carbonyl (C=O) groups excluding carboxylic acids is 1. The van der Waals surface area contributed by atoms with Crippen molar-refractivity contribution in [1.29, 1.82) is 0 Å². The fourth-order valence-corrected chi connectivity index (χ4v) is 4.42. The molecule has 0 radical (unpaired) electrons. The van der Waals surface area contributed by atoms with E-state index >= 15 is 0 Å². The Kier molecular flexibility index (Phi) is 12.1. The van der Waals surface area contributed by atoms with E-state index in [2.05, 4.69) is 34.7 Å². The summed E-state index contributed by atoms with van der Waals surface area (Å²) in [5.74, 6) is 0.867. The zero-order valence-electron chi connectivity index (χ0n) is 17.1. The minimum absolute atomic E-state index is 0. The standard InChI is InChI=1S/C22H35N3O.2ClH/c1-25(20-8-3-2-4-9-20)17-19-7-5-6-10-21(19)24-22(26)12-11-18-13-15-23-16-14-18;;/h5-7,10,18,20,23H,2-4,8-9,11-17H2,1H3,(H,24,26);2*1H. The Morgan fingerprint density at radius 1 is 1.07 bits per heavy atom. The van der Waals surface area contributed by atoms with Gasteiger partial charge in [-0.15, -0.1) is 24.8 Å². The molecule has 0 atom stereocenters. The molecule has 2 aliphatic rings. The second-order valence-electron chi connectivity index (χ2n) is 8.14. The van der Waals surface area contributed by atoms with Gasteiger partial charge in [-0.2, -0.15) is 0 Å². The van der Waals surface area contributed by atoms with Crippen molar-refractivity contribution in [2.24, 2.45) is 5.92 Å². The molecule has 4 nitrogen and oxygen atoms in total. The van der Waals surface area contributed by atoms with Gasteiger partial charge in [-0.3, -0.25) is 9.69 Å². The van der Waals surface area contributed by atoms with Crippen LogP contribution in [0.1, 0.15) is 63.4 Å². The predicted octanol–water partition coefficient (Wildman–Crippen LogP) is 5.01. The van der Waals surface area contributed by atoms with Gasteiger partial charge in [0, 0.05) is 24.7 Å². The van der Waals surface area contributed by atoms with Gasteiger partial charge in [0.2, 0.25) is 5.91 Å². The first-order valence-electron chi connectivity index (χ1n) is 10.5. The highest BCUT2D eigenvalue weighted by atomic mass is 35.5. The Labute approximate surface area is 183 Å². The van der Waals surface area contributed by atoms with Crippen LogP contribution in [0.2, 0.25) is 0 Å². The van der Waals surface area contributed by atoms with Crippen molar-refractivity contribution in [2.75, 3.05) is 25.5 Å². The second-order valence-corrected chi connectivity index (χ2v) is 8.14. The normalized spacial score (nSPS) is 18.2. The van der Waals surface area contributed by atoms with E-state index in [1.807, 2.05) is 12.1 Å². The monoisotopic (exact) mass is 429 g/mol. The largest absolute Gasteiger partial charge is 0.326 e. The first kappa shape index (κ1) is 25.2. The fraction of sp³-hybridized carbons (Fsp3) is 0.682. The van der Waals surface area contributed by atoms with Crippen LogP contribution in [0.3, 0.4) is 0 Å². The number of para-hydroxylation sites is 1. The van der Waals surface area contributed by atoms with Gasteiger partial charge in [0.1, 0.15) is 0 Å². The maximum atomic E-state index is 12.5. The number of hydrogen-bond donors (Lipinski definition) is 2. The molecule has 160 valence electrons. The second kappa shape index (κ2) is 13.4. The number of anilines is 1. The summed E-state index contributed by atoms with van der Waals surface area (Å²) >= 11 is 0. The van der Waals surface area contributed by atoms with Crippen LogP contribution in [-0.4, -0.2) is 37.0 Å². The van der Waals surface area contributed by atoms with Crippen LogP contribution in [0.15, 0.2) is 24.3 Å². The molecule has 3 rings (SSSR count). The molecule has 1 aromatic carbocycles. The number of piperidine rings is 1. The molecule has 1 amide bonds. The van der Waals surface area contributed by atoms with Gasteiger partial charge < -0.3 is 10.6 Å². The average molecular weight is 430 g/mol. The number of halogens is 2. The summed E-state index contributed by atoms with van der Waals surface area (Å²) in [4.78, 5) is 14.9. The molecular weight excluding hydrogens is 393 g/mol. The number of hydrogen-bond acceptors (Lipinski definition) is 3. The van der Waals surface area contributed by atoms with Crippen LogP contribution in [0.25, 0.3) is 0 Å². The fourth-order valence-electron chi connectivity index (χ4n) is 4.42. The summed E-state index contributed by atoms with van der Waals surface area (Å²) in [5, 5.41) is 6.57. The number of carbonyl (C=O) groups is 1. The molecule has 1 aromatic rings. The van der Waals surface area contributed by atoms with E-state index in [-0.39, 0.29) is 30.7 Å². The third-order valence-corrected chi connectivity index (χ3v) is 6.15. The highest BCUT2D eigenvalue weighted by Gasteiger charge is 2.19. The molecule has 1 aliphatic carbocycles. The molecular formula is C22H37Cl2N3O. The van der Waals surface area contributed by atoms with Gasteiger partial charge in [-0.1, -0.05) is 37.5 Å². The zero-order chi connectivity index (χ0) is 18.2. The Morgan fingerprint density at radius 2 is 1.75 bits per heavy atom. The Bertz CT molecular complexity index is 573. The van der Waals surface area contributed by atoms with Crippen molar-refractivity contribution in [3.63, 3.8) is 0 Å². The first-order chi connectivity index (χ1) is 12.7. The van der Waals surface area contributed by atoms with Gasteiger partial charge >= 0.3 is 0 Å². The van der Waals surface area contributed by atoms with E-state index < -0.39 is 0 Å². The van der Waals surface area contributed by atoms with Crippen molar-refractivity contribution in [3.05, 3.63) is 29.8 Å². The quantitative estimate of drug-likeness (QED) is 0.639. The van der Waals surface area contributed by atoms with Crippen molar-refractivity contribution >= 4 is 36.4 Å². The maximum absolute atomic E-state index is 12.5. The van der Waals surface area contributed by atoms with Crippen molar-refractivity contribution in [2.45, 2.75) is 70.4 Å². The minimum atomic E-state index is 0. The SMILES string of the molecule is CN(Cc1ccccc1NC(=O)CCC1CCNCC1)C1CCCCC1.Cl.Cl. The summed E-state index contributed by atoms with van der Waals surface area (Å²) in [6.45, 7) is 3.11. The van der Waals surface area contributed by atoms with Crippen LogP contribution < -0.4 is 10.6 Å².